The molecular formula is C22H27NO4. The molecule has 2 heterocycles. The van der Waals surface area contributed by atoms with E-state index in [-0.39, 0.29) is 29.8 Å². The molecule has 5 nitrogen and oxygen atoms in total. The summed E-state index contributed by atoms with van der Waals surface area (Å²) in [6.45, 7) is 0. The van der Waals surface area contributed by atoms with Crippen molar-refractivity contribution in [2.24, 2.45) is 29.6 Å². The first kappa shape index (κ1) is 16.4. The van der Waals surface area contributed by atoms with Crippen molar-refractivity contribution in [3.05, 3.63) is 24.3 Å². The predicted molar refractivity (Wildman–Crippen MR) is 99.2 cm³/mol. The van der Waals surface area contributed by atoms with Gasteiger partial charge in [0, 0.05) is 11.8 Å². The Balaban J connectivity index is 1.55. The molecule has 0 radical (unpaired) electrons. The van der Waals surface area contributed by atoms with Gasteiger partial charge in [-0.3, -0.25) is 9.69 Å². The Labute approximate surface area is 159 Å². The molecule has 5 fully saturated rings. The highest BCUT2D eigenvalue weighted by atomic mass is 16.6. The van der Waals surface area contributed by atoms with Crippen molar-refractivity contribution in [1.29, 1.82) is 0 Å². The zero-order valence-corrected chi connectivity index (χ0v) is 15.7. The minimum Gasteiger partial charge on any atom is -0.495 e. The molecule has 0 aromatic heterocycles. The molecule has 1 aromatic carbocycles. The van der Waals surface area contributed by atoms with Gasteiger partial charge in [-0.05, 0) is 43.2 Å². The summed E-state index contributed by atoms with van der Waals surface area (Å²) in [5.41, 5.74) is 0.234. The zero-order chi connectivity index (χ0) is 18.3. The van der Waals surface area contributed by atoms with Crippen LogP contribution in [0.15, 0.2) is 24.3 Å². The molecule has 7 atom stereocenters. The second kappa shape index (κ2) is 5.48. The quantitative estimate of drug-likeness (QED) is 0.890. The standard InChI is InChI=1S/C22H27NO4/c1-26-16-10-6-5-9-15(16)23-21(25)17-13-11-14-18(17)22(23,27-20(14)19(13)24)12-7-3-2-4-8-12/h5-6,9-10,12-14,17-20,24H,2-4,7-8,11H2,1H3. The molecule has 1 amide bonds. The highest BCUT2D eigenvalue weighted by Crippen LogP contribution is 2.70. The normalized spacial score (nSPS) is 45.1. The minimum atomic E-state index is -0.599. The van der Waals surface area contributed by atoms with Crippen LogP contribution in [0.3, 0.4) is 0 Å². The average Bonchev–Trinajstić information content (AvgIpc) is 3.38. The molecule has 2 bridgehead atoms. The fourth-order valence-electron chi connectivity index (χ4n) is 7.39. The lowest BCUT2D eigenvalue weighted by atomic mass is 9.70. The Hall–Kier alpha value is -1.59. The van der Waals surface area contributed by atoms with Gasteiger partial charge in [0.1, 0.15) is 5.75 Å². The van der Waals surface area contributed by atoms with Gasteiger partial charge in [0.25, 0.3) is 0 Å². The van der Waals surface area contributed by atoms with Gasteiger partial charge >= 0.3 is 0 Å². The maximum Gasteiger partial charge on any atom is 0.233 e. The van der Waals surface area contributed by atoms with E-state index in [9.17, 15) is 9.90 Å². The number of rotatable bonds is 3. The molecule has 144 valence electrons. The van der Waals surface area contributed by atoms with Crippen LogP contribution in [0, 0.1) is 29.6 Å². The second-order valence-corrected chi connectivity index (χ2v) is 9.12. The monoisotopic (exact) mass is 369 g/mol. The molecule has 2 saturated heterocycles. The lowest BCUT2D eigenvalue weighted by Crippen LogP contribution is -2.56. The third-order valence-electron chi connectivity index (χ3n) is 8.22. The number of hydrogen-bond acceptors (Lipinski definition) is 4. The lowest BCUT2D eigenvalue weighted by Gasteiger charge is -2.46. The summed E-state index contributed by atoms with van der Waals surface area (Å²) >= 11 is 0. The molecule has 2 aliphatic heterocycles. The minimum absolute atomic E-state index is 0.0580. The molecule has 5 heteroatoms. The Morgan fingerprint density at radius 2 is 1.96 bits per heavy atom. The molecule has 5 aliphatic rings. The molecule has 7 unspecified atom stereocenters. The number of anilines is 1. The fourth-order valence-corrected chi connectivity index (χ4v) is 7.39. The average molecular weight is 369 g/mol. The number of benzene rings is 1. The Kier molecular flexibility index (Phi) is 3.32. The number of para-hydroxylation sites is 2. The Morgan fingerprint density at radius 3 is 2.74 bits per heavy atom. The van der Waals surface area contributed by atoms with Crippen LogP contribution >= 0.6 is 0 Å². The van der Waals surface area contributed by atoms with E-state index in [1.165, 1.54) is 19.3 Å². The third-order valence-corrected chi connectivity index (χ3v) is 8.22. The highest BCUT2D eigenvalue weighted by molar-refractivity contribution is 6.01. The van der Waals surface area contributed by atoms with Gasteiger partial charge in [0.05, 0.1) is 30.9 Å². The van der Waals surface area contributed by atoms with E-state index in [2.05, 4.69) is 0 Å². The Morgan fingerprint density at radius 1 is 1.19 bits per heavy atom. The van der Waals surface area contributed by atoms with Crippen LogP contribution in [0.2, 0.25) is 0 Å². The molecule has 3 saturated carbocycles. The largest absolute Gasteiger partial charge is 0.495 e. The van der Waals surface area contributed by atoms with Crippen molar-refractivity contribution in [3.63, 3.8) is 0 Å². The summed E-state index contributed by atoms with van der Waals surface area (Å²) in [4.78, 5) is 15.7. The summed E-state index contributed by atoms with van der Waals surface area (Å²) in [5.74, 6) is 1.70. The van der Waals surface area contributed by atoms with E-state index in [0.717, 1.165) is 30.7 Å². The topological polar surface area (TPSA) is 59.0 Å². The van der Waals surface area contributed by atoms with Gasteiger partial charge in [-0.2, -0.15) is 0 Å². The van der Waals surface area contributed by atoms with Gasteiger partial charge in [-0.25, -0.2) is 0 Å². The first-order chi connectivity index (χ1) is 13.2. The van der Waals surface area contributed by atoms with E-state index >= 15 is 0 Å². The summed E-state index contributed by atoms with van der Waals surface area (Å²) in [7, 11) is 1.66. The van der Waals surface area contributed by atoms with Gasteiger partial charge in [-0.1, -0.05) is 31.4 Å². The lowest BCUT2D eigenvalue weighted by molar-refractivity contribution is -0.140. The van der Waals surface area contributed by atoms with Gasteiger partial charge in [0.15, 0.2) is 5.72 Å². The molecule has 1 aromatic rings. The number of aliphatic hydroxyl groups is 1. The Bertz CT molecular complexity index is 790. The number of carbonyl (C=O) groups excluding carboxylic acids is 1. The first-order valence-corrected chi connectivity index (χ1v) is 10.5. The number of nitrogens with zero attached hydrogens (tertiary/aromatic N) is 1. The third kappa shape index (κ3) is 1.81. The van der Waals surface area contributed by atoms with Crippen LogP contribution in [-0.2, 0) is 9.53 Å². The predicted octanol–water partition coefficient (Wildman–Crippen LogP) is 2.96. The van der Waals surface area contributed by atoms with Crippen LogP contribution in [0.1, 0.15) is 38.5 Å². The van der Waals surface area contributed by atoms with Crippen LogP contribution < -0.4 is 9.64 Å². The van der Waals surface area contributed by atoms with E-state index < -0.39 is 11.8 Å². The SMILES string of the molecule is COc1ccccc1N1C(=O)C2C3CC4C(OC1(C1CCCCC1)C42)C3O. The summed E-state index contributed by atoms with van der Waals surface area (Å²) < 4.78 is 12.4. The number of methoxy groups -OCH3 is 1. The maximum atomic E-state index is 13.8. The molecule has 0 spiro atoms. The molecule has 27 heavy (non-hydrogen) atoms. The van der Waals surface area contributed by atoms with Gasteiger partial charge < -0.3 is 14.6 Å². The molecule has 6 rings (SSSR count). The number of carbonyl (C=O) groups is 1. The van der Waals surface area contributed by atoms with E-state index in [4.69, 9.17) is 9.47 Å². The number of hydrogen-bond donors (Lipinski definition) is 1. The van der Waals surface area contributed by atoms with Crippen LogP contribution in [0.4, 0.5) is 5.69 Å². The molecule has 1 N–H and O–H groups in total. The van der Waals surface area contributed by atoms with E-state index in [0.29, 0.717) is 11.8 Å². The maximum absolute atomic E-state index is 13.8. The first-order valence-electron chi connectivity index (χ1n) is 10.5. The second-order valence-electron chi connectivity index (χ2n) is 9.12. The van der Waals surface area contributed by atoms with Crippen molar-refractivity contribution >= 4 is 11.6 Å². The fraction of sp³-hybridized carbons (Fsp3) is 0.682. The van der Waals surface area contributed by atoms with Crippen LogP contribution in [0.25, 0.3) is 0 Å². The summed E-state index contributed by atoms with van der Waals surface area (Å²) in [5, 5.41) is 10.8. The summed E-state index contributed by atoms with van der Waals surface area (Å²) in [6, 6.07) is 7.82. The van der Waals surface area contributed by atoms with Crippen molar-refractivity contribution in [2.75, 3.05) is 12.0 Å². The van der Waals surface area contributed by atoms with E-state index in [1.807, 2.05) is 29.2 Å². The summed E-state index contributed by atoms with van der Waals surface area (Å²) in [6.07, 6.45) is 6.21. The van der Waals surface area contributed by atoms with Gasteiger partial charge in [0.2, 0.25) is 5.91 Å². The van der Waals surface area contributed by atoms with Gasteiger partial charge in [-0.15, -0.1) is 0 Å². The molecular weight excluding hydrogens is 342 g/mol. The van der Waals surface area contributed by atoms with Crippen molar-refractivity contribution in [3.8, 4) is 5.75 Å². The van der Waals surface area contributed by atoms with E-state index in [1.54, 1.807) is 7.11 Å². The van der Waals surface area contributed by atoms with Crippen LogP contribution in [0.5, 0.6) is 5.75 Å². The zero-order valence-electron chi connectivity index (χ0n) is 15.7. The van der Waals surface area contributed by atoms with Crippen LogP contribution in [-0.4, -0.2) is 36.1 Å². The number of aliphatic hydroxyl groups excluding tert-OH is 1. The van der Waals surface area contributed by atoms with Crippen molar-refractivity contribution in [1.82, 2.24) is 0 Å². The van der Waals surface area contributed by atoms with Crippen molar-refractivity contribution < 1.29 is 19.4 Å². The highest BCUT2D eigenvalue weighted by Gasteiger charge is 2.80. The molecule has 3 aliphatic carbocycles. The smallest absolute Gasteiger partial charge is 0.233 e. The number of amides is 1. The number of fused-ring (bicyclic) bond motifs is 2. The number of ether oxygens (including phenoxy) is 2. The van der Waals surface area contributed by atoms with Crippen molar-refractivity contribution in [2.45, 2.75) is 56.5 Å².